The molecule has 1 aromatic carbocycles. The Morgan fingerprint density at radius 3 is 2.64 bits per heavy atom. The van der Waals surface area contributed by atoms with Crippen LogP contribution in [0.25, 0.3) is 5.69 Å². The number of benzene rings is 1. The van der Waals surface area contributed by atoms with E-state index in [9.17, 15) is 14.4 Å². The van der Waals surface area contributed by atoms with Crippen molar-refractivity contribution in [1.82, 2.24) is 20.1 Å². The van der Waals surface area contributed by atoms with Gasteiger partial charge in [0.15, 0.2) is 16.7 Å². The van der Waals surface area contributed by atoms with Gasteiger partial charge in [0.1, 0.15) is 10.8 Å². The van der Waals surface area contributed by atoms with Gasteiger partial charge >= 0.3 is 5.97 Å². The third-order valence-electron chi connectivity index (χ3n) is 6.55. The number of hydrogen-bond acceptors (Lipinski definition) is 10. The van der Waals surface area contributed by atoms with E-state index in [4.69, 9.17) is 13.9 Å². The predicted molar refractivity (Wildman–Crippen MR) is 159 cm³/mol. The molecule has 220 valence electrons. The molecule has 0 spiro atoms. The number of anilines is 1. The molecule has 2 N–H and O–H groups in total. The van der Waals surface area contributed by atoms with Crippen molar-refractivity contribution < 1.29 is 28.3 Å². The van der Waals surface area contributed by atoms with Crippen LogP contribution in [0.15, 0.2) is 52.2 Å². The fourth-order valence-corrected chi connectivity index (χ4v) is 6.77. The van der Waals surface area contributed by atoms with Crippen LogP contribution in [0.5, 0.6) is 5.75 Å². The fourth-order valence-electron chi connectivity index (χ4n) is 4.60. The Morgan fingerprint density at radius 2 is 1.93 bits per heavy atom. The fraction of sp³-hybridized carbons (Fsp3) is 0.345. The number of esters is 1. The second-order valence-electron chi connectivity index (χ2n) is 9.35. The molecule has 1 atom stereocenters. The minimum absolute atomic E-state index is 0.0739. The maximum absolute atomic E-state index is 13.4. The Labute approximate surface area is 251 Å². The van der Waals surface area contributed by atoms with E-state index in [0.717, 1.165) is 35.4 Å². The number of furan rings is 1. The minimum atomic E-state index is -0.590. The van der Waals surface area contributed by atoms with Gasteiger partial charge in [-0.15, -0.1) is 21.5 Å². The molecule has 42 heavy (non-hydrogen) atoms. The highest BCUT2D eigenvalue weighted by molar-refractivity contribution is 8.00. The summed E-state index contributed by atoms with van der Waals surface area (Å²) < 4.78 is 17.8. The van der Waals surface area contributed by atoms with Gasteiger partial charge in [-0.2, -0.15) is 0 Å². The number of aromatic nitrogens is 3. The Hall–Kier alpha value is -4.10. The van der Waals surface area contributed by atoms with Crippen LogP contribution in [-0.2, 0) is 28.9 Å². The van der Waals surface area contributed by atoms with Gasteiger partial charge in [0.05, 0.1) is 36.8 Å². The second kappa shape index (κ2) is 13.3. The van der Waals surface area contributed by atoms with E-state index in [2.05, 4.69) is 20.8 Å². The van der Waals surface area contributed by atoms with Crippen LogP contribution in [0, 0.1) is 0 Å². The lowest BCUT2D eigenvalue weighted by Gasteiger charge is -2.15. The average Bonchev–Trinajstić information content (AvgIpc) is 3.78. The number of fused-ring (bicyclic) bond motifs is 1. The summed E-state index contributed by atoms with van der Waals surface area (Å²) in [5.74, 6) is 0.285. The molecule has 0 fully saturated rings. The summed E-state index contributed by atoms with van der Waals surface area (Å²) in [6.07, 6.45) is 4.10. The summed E-state index contributed by atoms with van der Waals surface area (Å²) in [6.45, 7) is 6.31. The van der Waals surface area contributed by atoms with Gasteiger partial charge < -0.3 is 24.5 Å². The topological polar surface area (TPSA) is 138 Å². The van der Waals surface area contributed by atoms with Crippen molar-refractivity contribution >= 4 is 45.9 Å². The van der Waals surface area contributed by atoms with Gasteiger partial charge in [0.2, 0.25) is 5.91 Å². The molecule has 0 saturated heterocycles. The van der Waals surface area contributed by atoms with Crippen LogP contribution in [0.4, 0.5) is 5.00 Å². The monoisotopic (exact) mass is 609 g/mol. The quantitative estimate of drug-likeness (QED) is 0.167. The van der Waals surface area contributed by atoms with Crippen LogP contribution < -0.4 is 15.4 Å². The van der Waals surface area contributed by atoms with Crippen molar-refractivity contribution in [3.8, 4) is 11.4 Å². The van der Waals surface area contributed by atoms with Crippen LogP contribution in [-0.4, -0.2) is 51.0 Å². The number of amides is 2. The third-order valence-corrected chi connectivity index (χ3v) is 8.80. The molecule has 0 aliphatic heterocycles. The summed E-state index contributed by atoms with van der Waals surface area (Å²) in [6, 6.07) is 10.6. The van der Waals surface area contributed by atoms with E-state index in [0.29, 0.717) is 33.9 Å². The number of hydrogen-bond donors (Lipinski definition) is 2. The van der Waals surface area contributed by atoms with Crippen LogP contribution in [0.3, 0.4) is 0 Å². The summed E-state index contributed by atoms with van der Waals surface area (Å²) >= 11 is 2.66. The zero-order chi connectivity index (χ0) is 29.6. The molecule has 1 unspecified atom stereocenters. The van der Waals surface area contributed by atoms with E-state index in [-0.39, 0.29) is 30.7 Å². The molecule has 1 aliphatic carbocycles. The molecule has 3 aromatic heterocycles. The van der Waals surface area contributed by atoms with Gasteiger partial charge in [-0.3, -0.25) is 14.2 Å². The molecule has 0 radical (unpaired) electrons. The maximum atomic E-state index is 13.4. The summed E-state index contributed by atoms with van der Waals surface area (Å²) in [5.41, 5.74) is 2.18. The lowest BCUT2D eigenvalue weighted by molar-refractivity contribution is -0.115. The van der Waals surface area contributed by atoms with Gasteiger partial charge in [-0.05, 0) is 82.0 Å². The molecule has 13 heteroatoms. The zero-order valence-electron chi connectivity index (χ0n) is 23.5. The minimum Gasteiger partial charge on any atom is -0.494 e. The van der Waals surface area contributed by atoms with Crippen LogP contribution >= 0.6 is 23.1 Å². The Kier molecular flexibility index (Phi) is 9.28. The standard InChI is InChI=1S/C29H31N5O6S2/c1-4-38-19-13-11-18(12-14-19)34-23(16-30-26(36)21-9-7-15-40-21)32-33-29(34)41-17(3)25(35)31-27-24(28(37)39-5-2)20-8-6-10-22(20)42-27/h7,9,11-15,17H,4-6,8,10,16H2,1-3H3,(H,30,36)(H,31,35). The van der Waals surface area contributed by atoms with E-state index >= 15 is 0 Å². The highest BCUT2D eigenvalue weighted by atomic mass is 32.2. The number of carbonyl (C=O) groups is 3. The maximum Gasteiger partial charge on any atom is 0.341 e. The van der Waals surface area contributed by atoms with Gasteiger partial charge in [-0.25, -0.2) is 4.79 Å². The van der Waals surface area contributed by atoms with Gasteiger partial charge in [0.25, 0.3) is 5.91 Å². The molecule has 0 saturated carbocycles. The van der Waals surface area contributed by atoms with E-state index in [1.54, 1.807) is 30.5 Å². The normalized spacial score (nSPS) is 12.9. The van der Waals surface area contributed by atoms with Crippen molar-refractivity contribution in [1.29, 1.82) is 0 Å². The third kappa shape index (κ3) is 6.36. The first kappa shape index (κ1) is 29.4. The first-order valence-electron chi connectivity index (χ1n) is 13.7. The first-order valence-corrected chi connectivity index (χ1v) is 15.4. The SMILES string of the molecule is CCOC(=O)c1c(NC(=O)C(C)Sc2nnc(CNC(=O)c3ccco3)n2-c2ccc(OCC)cc2)sc2c1CCC2. The number of ether oxygens (including phenoxy) is 2. The number of carbonyl (C=O) groups excluding carboxylic acids is 3. The molecule has 4 aromatic rings. The Balaban J connectivity index is 1.37. The highest BCUT2D eigenvalue weighted by Crippen LogP contribution is 2.40. The number of rotatable bonds is 12. The number of thioether (sulfide) groups is 1. The van der Waals surface area contributed by atoms with E-state index in [1.807, 2.05) is 31.2 Å². The number of nitrogens with zero attached hydrogens (tertiary/aromatic N) is 3. The van der Waals surface area contributed by atoms with E-state index < -0.39 is 11.2 Å². The average molecular weight is 610 g/mol. The molecule has 3 heterocycles. The molecular weight excluding hydrogens is 578 g/mol. The largest absolute Gasteiger partial charge is 0.494 e. The molecule has 5 rings (SSSR count). The van der Waals surface area contributed by atoms with Gasteiger partial charge in [0, 0.05) is 10.6 Å². The smallest absolute Gasteiger partial charge is 0.341 e. The van der Waals surface area contributed by atoms with Crippen LogP contribution in [0.1, 0.15) is 64.4 Å². The molecular formula is C29H31N5O6S2. The molecule has 1 aliphatic rings. The van der Waals surface area contributed by atoms with Gasteiger partial charge in [-0.1, -0.05) is 11.8 Å². The second-order valence-corrected chi connectivity index (χ2v) is 11.8. The summed E-state index contributed by atoms with van der Waals surface area (Å²) in [4.78, 5) is 39.7. The van der Waals surface area contributed by atoms with Crippen molar-refractivity contribution in [2.24, 2.45) is 0 Å². The Morgan fingerprint density at radius 1 is 1.12 bits per heavy atom. The summed E-state index contributed by atoms with van der Waals surface area (Å²) in [5, 5.41) is 14.8. The summed E-state index contributed by atoms with van der Waals surface area (Å²) in [7, 11) is 0. The number of aryl methyl sites for hydroxylation is 1. The highest BCUT2D eigenvalue weighted by Gasteiger charge is 2.30. The van der Waals surface area contributed by atoms with Crippen molar-refractivity contribution in [3.63, 3.8) is 0 Å². The molecule has 11 nitrogen and oxygen atoms in total. The van der Waals surface area contributed by atoms with E-state index in [1.165, 1.54) is 29.4 Å². The van der Waals surface area contributed by atoms with Crippen molar-refractivity contribution in [2.45, 2.75) is 57.0 Å². The molecule has 0 bridgehead atoms. The lowest BCUT2D eigenvalue weighted by Crippen LogP contribution is -2.25. The number of nitrogens with one attached hydrogen (secondary N) is 2. The zero-order valence-corrected chi connectivity index (χ0v) is 25.1. The first-order chi connectivity index (χ1) is 20.4. The predicted octanol–water partition coefficient (Wildman–Crippen LogP) is 5.04. The van der Waals surface area contributed by atoms with Crippen LogP contribution in [0.2, 0.25) is 0 Å². The number of thiophene rings is 1. The Bertz CT molecular complexity index is 1560. The van der Waals surface area contributed by atoms with Crippen molar-refractivity contribution in [2.75, 3.05) is 18.5 Å². The molecule has 2 amide bonds. The lowest BCUT2D eigenvalue weighted by atomic mass is 10.1. The van der Waals surface area contributed by atoms with Crippen molar-refractivity contribution in [3.05, 3.63) is 70.3 Å².